The van der Waals surface area contributed by atoms with Crippen molar-refractivity contribution in [1.82, 2.24) is 24.2 Å². The topological polar surface area (TPSA) is 182 Å². The SMILES string of the molecule is CC(C)OC(=O)[C@H](C)N[P@](=O)(OC[C@H]1O[C@@H](n2ccc(=O)[nH]c2=O)[C@](C)(F)[C@@H]1OC(=O)Cn1ccc2cccnc21)Oc1ccccc1. The molecule has 1 aromatic carbocycles. The molecule has 1 aliphatic heterocycles. The van der Waals surface area contributed by atoms with Crippen LogP contribution >= 0.6 is 7.75 Å². The number of pyridine rings is 1. The highest BCUT2D eigenvalue weighted by atomic mass is 31.2. The second kappa shape index (κ2) is 14.2. The standard InChI is InChI=1S/C31H35FN5O10P/c1-19(2)44-28(40)20(3)35-48(42,47-22-10-6-5-7-11-22)43-18-23-26(31(4,32)29(45-23)37-16-13-24(38)34-30(37)41)46-25(39)17-36-15-12-21-9-8-14-33-27(21)36/h5-16,19-20,23,26,29H,17-18H2,1-4H3,(H,35,42)(H,34,38,41)/t20-,23+,26+,29+,31+,48-/m0/s1. The van der Waals surface area contributed by atoms with Gasteiger partial charge in [0.2, 0.25) is 0 Å². The molecule has 4 aromatic rings. The molecule has 2 N–H and O–H groups in total. The third-order valence-electron chi connectivity index (χ3n) is 7.30. The molecule has 0 bridgehead atoms. The van der Waals surface area contributed by atoms with Gasteiger partial charge in [0.1, 0.15) is 30.1 Å². The van der Waals surface area contributed by atoms with Crippen molar-refractivity contribution >= 4 is 30.7 Å². The molecule has 256 valence electrons. The van der Waals surface area contributed by atoms with Gasteiger partial charge in [0.15, 0.2) is 18.0 Å². The van der Waals surface area contributed by atoms with Crippen molar-refractivity contribution in [3.8, 4) is 5.75 Å². The zero-order valence-corrected chi connectivity index (χ0v) is 27.4. The molecular formula is C31H35FN5O10P. The summed E-state index contributed by atoms with van der Waals surface area (Å²) in [6.45, 7) is 4.69. The molecule has 1 fully saturated rings. The Morgan fingerprint density at radius 2 is 1.85 bits per heavy atom. The highest BCUT2D eigenvalue weighted by Gasteiger charge is 2.58. The molecule has 1 saturated heterocycles. The number of aromatic amines is 1. The number of nitrogens with zero attached hydrogens (tertiary/aromatic N) is 3. The lowest BCUT2D eigenvalue weighted by molar-refractivity contribution is -0.159. The predicted molar refractivity (Wildman–Crippen MR) is 169 cm³/mol. The first kappa shape index (κ1) is 34.7. The van der Waals surface area contributed by atoms with Crippen LogP contribution in [0.4, 0.5) is 4.39 Å². The van der Waals surface area contributed by atoms with Gasteiger partial charge in [-0.1, -0.05) is 18.2 Å². The number of carbonyl (C=O) groups is 2. The number of nitrogens with one attached hydrogen (secondary N) is 2. The van der Waals surface area contributed by atoms with Gasteiger partial charge >= 0.3 is 25.4 Å². The number of benzene rings is 1. The van der Waals surface area contributed by atoms with E-state index < -0.39 is 73.8 Å². The van der Waals surface area contributed by atoms with Crippen LogP contribution in [0.25, 0.3) is 11.0 Å². The zero-order valence-electron chi connectivity index (χ0n) is 26.5. The van der Waals surface area contributed by atoms with Crippen LogP contribution in [0, 0.1) is 0 Å². The largest absolute Gasteiger partial charge is 0.462 e. The number of H-pyrrole nitrogens is 1. The Morgan fingerprint density at radius 1 is 1.10 bits per heavy atom. The fourth-order valence-electron chi connectivity index (χ4n) is 5.11. The van der Waals surface area contributed by atoms with Gasteiger partial charge in [0.25, 0.3) is 5.56 Å². The average Bonchev–Trinajstić information content (AvgIpc) is 3.53. The number of halogens is 1. The highest BCUT2D eigenvalue weighted by molar-refractivity contribution is 7.52. The number of rotatable bonds is 13. The molecule has 0 spiro atoms. The van der Waals surface area contributed by atoms with E-state index in [4.69, 9.17) is 23.3 Å². The van der Waals surface area contributed by atoms with Gasteiger partial charge in [-0.15, -0.1) is 0 Å². The highest BCUT2D eigenvalue weighted by Crippen LogP contribution is 2.48. The molecule has 48 heavy (non-hydrogen) atoms. The molecule has 6 atom stereocenters. The Balaban J connectivity index is 1.42. The number of aromatic nitrogens is 4. The molecule has 0 saturated carbocycles. The van der Waals surface area contributed by atoms with E-state index in [1.54, 1.807) is 62.6 Å². The third-order valence-corrected chi connectivity index (χ3v) is 8.94. The number of hydrogen-bond donors (Lipinski definition) is 2. The first-order valence-electron chi connectivity index (χ1n) is 15.0. The molecule has 0 radical (unpaired) electrons. The van der Waals surface area contributed by atoms with Crippen molar-refractivity contribution in [3.05, 3.63) is 94.0 Å². The summed E-state index contributed by atoms with van der Waals surface area (Å²) in [5, 5.41) is 3.29. The van der Waals surface area contributed by atoms with Gasteiger partial charge < -0.3 is 23.3 Å². The lowest BCUT2D eigenvalue weighted by atomic mass is 9.98. The Bertz CT molecular complexity index is 1930. The quantitative estimate of drug-likeness (QED) is 0.155. The van der Waals surface area contributed by atoms with Gasteiger partial charge in [-0.05, 0) is 58.0 Å². The first-order chi connectivity index (χ1) is 22.8. The lowest BCUT2D eigenvalue weighted by Gasteiger charge is -2.28. The fourth-order valence-corrected chi connectivity index (χ4v) is 6.62. The van der Waals surface area contributed by atoms with Crippen molar-refractivity contribution in [1.29, 1.82) is 0 Å². The predicted octanol–water partition coefficient (Wildman–Crippen LogP) is 3.26. The van der Waals surface area contributed by atoms with Crippen molar-refractivity contribution in [3.63, 3.8) is 0 Å². The number of fused-ring (bicyclic) bond motifs is 1. The maximum atomic E-state index is 16.7. The van der Waals surface area contributed by atoms with E-state index in [9.17, 15) is 23.7 Å². The van der Waals surface area contributed by atoms with E-state index in [2.05, 4.69) is 10.1 Å². The lowest BCUT2D eigenvalue weighted by Crippen LogP contribution is -2.46. The van der Waals surface area contributed by atoms with Crippen LogP contribution < -0.4 is 20.9 Å². The summed E-state index contributed by atoms with van der Waals surface area (Å²) in [6, 6.07) is 13.1. The van der Waals surface area contributed by atoms with Gasteiger partial charge in [0.05, 0.1) is 12.7 Å². The van der Waals surface area contributed by atoms with Gasteiger partial charge in [0, 0.05) is 30.0 Å². The summed E-state index contributed by atoms with van der Waals surface area (Å²) >= 11 is 0. The summed E-state index contributed by atoms with van der Waals surface area (Å²) in [4.78, 5) is 56.5. The summed E-state index contributed by atoms with van der Waals surface area (Å²) < 4.78 is 61.3. The van der Waals surface area contributed by atoms with Crippen LogP contribution in [-0.2, 0) is 39.4 Å². The van der Waals surface area contributed by atoms with E-state index in [-0.39, 0.29) is 12.3 Å². The molecule has 15 nitrogen and oxygen atoms in total. The van der Waals surface area contributed by atoms with Gasteiger partial charge in [-0.3, -0.25) is 28.5 Å². The monoisotopic (exact) mass is 687 g/mol. The fraction of sp³-hybridized carbons (Fsp3) is 0.387. The molecule has 4 heterocycles. The average molecular weight is 688 g/mol. The second-order valence-electron chi connectivity index (χ2n) is 11.5. The minimum atomic E-state index is -4.45. The maximum Gasteiger partial charge on any atom is 0.459 e. The smallest absolute Gasteiger partial charge is 0.459 e. The molecular weight excluding hydrogens is 652 g/mol. The van der Waals surface area contributed by atoms with Crippen molar-refractivity contribution < 1.29 is 41.8 Å². The van der Waals surface area contributed by atoms with E-state index in [0.29, 0.717) is 5.65 Å². The van der Waals surface area contributed by atoms with Gasteiger partial charge in [-0.25, -0.2) is 18.7 Å². The van der Waals surface area contributed by atoms with Crippen LogP contribution in [0.2, 0.25) is 0 Å². The maximum absolute atomic E-state index is 16.7. The van der Waals surface area contributed by atoms with Crippen LogP contribution in [0.15, 0.2) is 82.8 Å². The van der Waals surface area contributed by atoms with Gasteiger partial charge in [-0.2, -0.15) is 5.09 Å². The molecule has 0 aliphatic carbocycles. The number of ether oxygens (including phenoxy) is 3. The Kier molecular flexibility index (Phi) is 10.3. The summed E-state index contributed by atoms with van der Waals surface area (Å²) in [5.74, 6) is -1.49. The van der Waals surface area contributed by atoms with Crippen molar-refractivity contribution in [2.45, 2.75) is 70.5 Å². The first-order valence-corrected chi connectivity index (χ1v) is 16.5. The second-order valence-corrected chi connectivity index (χ2v) is 13.2. The Morgan fingerprint density at radius 3 is 2.56 bits per heavy atom. The molecule has 3 aromatic heterocycles. The number of para-hydroxylation sites is 1. The molecule has 5 rings (SSSR count). The van der Waals surface area contributed by atoms with Crippen LogP contribution in [0.1, 0.15) is 33.9 Å². The number of esters is 2. The molecule has 0 unspecified atom stereocenters. The third kappa shape index (κ3) is 7.90. The summed E-state index contributed by atoms with van der Waals surface area (Å²) in [7, 11) is -4.45. The molecule has 1 aliphatic rings. The van der Waals surface area contributed by atoms with E-state index in [1.165, 1.54) is 23.6 Å². The van der Waals surface area contributed by atoms with E-state index in [1.807, 2.05) is 4.98 Å². The summed E-state index contributed by atoms with van der Waals surface area (Å²) in [6.07, 6.45) is -1.16. The Labute approximate surface area is 273 Å². The molecule has 17 heteroatoms. The van der Waals surface area contributed by atoms with Crippen LogP contribution in [-0.4, -0.2) is 67.7 Å². The minimum absolute atomic E-state index is 0.119. The van der Waals surface area contributed by atoms with Crippen molar-refractivity contribution in [2.24, 2.45) is 0 Å². The zero-order chi connectivity index (χ0) is 34.6. The van der Waals surface area contributed by atoms with E-state index in [0.717, 1.165) is 29.1 Å². The van der Waals surface area contributed by atoms with Crippen LogP contribution in [0.3, 0.4) is 0 Å². The number of hydrogen-bond acceptors (Lipinski definition) is 11. The van der Waals surface area contributed by atoms with Crippen molar-refractivity contribution in [2.75, 3.05) is 6.61 Å². The van der Waals surface area contributed by atoms with E-state index >= 15 is 4.39 Å². The number of carbonyl (C=O) groups excluding carboxylic acids is 2. The summed E-state index contributed by atoms with van der Waals surface area (Å²) in [5.41, 5.74) is -3.80. The molecule has 0 amide bonds. The minimum Gasteiger partial charge on any atom is -0.462 e. The van der Waals surface area contributed by atoms with Crippen LogP contribution in [0.5, 0.6) is 5.75 Å². The Hall–Kier alpha value is -4.63. The normalized spacial score (nSPS) is 22.7. The number of alkyl halides is 1.